The molecule has 0 saturated carbocycles. The van der Waals surface area contributed by atoms with Crippen LogP contribution in [0.25, 0.3) is 0 Å². The van der Waals surface area contributed by atoms with E-state index in [4.69, 9.17) is 19.6 Å². The van der Waals surface area contributed by atoms with E-state index in [2.05, 4.69) is 16.4 Å². The average Bonchev–Trinajstić information content (AvgIpc) is 2.99. The Bertz CT molecular complexity index is 1050. The van der Waals surface area contributed by atoms with Crippen molar-refractivity contribution in [1.29, 1.82) is 0 Å². The highest BCUT2D eigenvalue weighted by atomic mass is 16.7. The first kappa shape index (κ1) is 33.6. The number of benzene rings is 2. The molecule has 2 heterocycles. The largest absolute Gasteiger partial charge is 0.480 e. The minimum absolute atomic E-state index is 0.0652. The Morgan fingerprint density at radius 2 is 1.24 bits per heavy atom. The SMILES string of the molecule is CCCONC(=O)[C@@H]1CC[C@@H](NOCc2ccccc2)CN1C.CN1C[C@H](NOCc2ccccc2)CC[C@H]1C(=O)O. The van der Waals surface area contributed by atoms with Crippen LogP contribution in [-0.2, 0) is 37.3 Å². The Kier molecular flexibility index (Phi) is 14.9. The maximum Gasteiger partial charge on any atom is 0.320 e. The van der Waals surface area contributed by atoms with E-state index in [-0.39, 0.29) is 30.1 Å². The van der Waals surface area contributed by atoms with Crippen LogP contribution in [0.3, 0.4) is 0 Å². The minimum atomic E-state index is -0.744. The summed E-state index contributed by atoms with van der Waals surface area (Å²) in [5.74, 6) is -0.809. The lowest BCUT2D eigenvalue weighted by Crippen LogP contribution is -2.54. The highest BCUT2D eigenvalue weighted by Crippen LogP contribution is 2.17. The summed E-state index contributed by atoms with van der Waals surface area (Å²) in [4.78, 5) is 43.1. The summed E-state index contributed by atoms with van der Waals surface area (Å²) < 4.78 is 0. The van der Waals surface area contributed by atoms with Gasteiger partial charge < -0.3 is 5.11 Å². The predicted molar refractivity (Wildman–Crippen MR) is 160 cm³/mol. The van der Waals surface area contributed by atoms with Gasteiger partial charge in [-0.2, -0.15) is 11.0 Å². The molecule has 42 heavy (non-hydrogen) atoms. The van der Waals surface area contributed by atoms with Crippen molar-refractivity contribution in [2.45, 2.75) is 76.4 Å². The first-order chi connectivity index (χ1) is 20.4. The number of likely N-dealkylation sites (N-methyl/N-ethyl adjacent to an activating group) is 2. The summed E-state index contributed by atoms with van der Waals surface area (Å²) >= 11 is 0. The molecule has 232 valence electrons. The van der Waals surface area contributed by atoms with E-state index in [0.29, 0.717) is 32.8 Å². The standard InChI is InChI=1S/C17H27N3O3.C14H20N2O3/c1-3-11-22-19-17(21)16-10-9-15(12-20(16)2)18-23-13-14-7-5-4-6-8-14;1-16-9-12(7-8-13(16)14(17)18)15-19-10-11-5-3-2-4-6-11/h4-8,15-16,18H,3,9-13H2,1-2H3,(H,19,21);2-6,12-13,15H,7-10H2,1H3,(H,17,18)/t15-,16+;12-,13+/m11/s1. The number of carbonyl (C=O) groups is 2. The van der Waals surface area contributed by atoms with E-state index < -0.39 is 5.97 Å². The number of nitrogens with zero attached hydrogens (tertiary/aromatic N) is 2. The van der Waals surface area contributed by atoms with Gasteiger partial charge in [-0.3, -0.25) is 33.9 Å². The number of nitrogens with one attached hydrogen (secondary N) is 3. The Morgan fingerprint density at radius 3 is 1.67 bits per heavy atom. The molecule has 0 bridgehead atoms. The van der Waals surface area contributed by atoms with Gasteiger partial charge in [0.2, 0.25) is 0 Å². The third-order valence-electron chi connectivity index (χ3n) is 7.39. The lowest BCUT2D eigenvalue weighted by Gasteiger charge is -2.36. The molecular weight excluding hydrogens is 538 g/mol. The molecule has 4 rings (SSSR count). The molecule has 4 atom stereocenters. The van der Waals surface area contributed by atoms with Gasteiger partial charge in [0.25, 0.3) is 5.91 Å². The fraction of sp³-hybridized carbons (Fsp3) is 0.548. The van der Waals surface area contributed by atoms with Crippen LogP contribution in [0.4, 0.5) is 0 Å². The maximum absolute atomic E-state index is 12.1. The number of likely N-dealkylation sites (tertiary alicyclic amines) is 2. The zero-order valence-electron chi connectivity index (χ0n) is 25.0. The number of carboxylic acids is 1. The van der Waals surface area contributed by atoms with Gasteiger partial charge >= 0.3 is 5.97 Å². The van der Waals surface area contributed by atoms with Gasteiger partial charge in [0.1, 0.15) is 6.04 Å². The van der Waals surface area contributed by atoms with Crippen molar-refractivity contribution in [2.24, 2.45) is 0 Å². The van der Waals surface area contributed by atoms with Crippen molar-refractivity contribution in [1.82, 2.24) is 26.2 Å². The van der Waals surface area contributed by atoms with Crippen LogP contribution in [0.15, 0.2) is 60.7 Å². The minimum Gasteiger partial charge on any atom is -0.480 e. The van der Waals surface area contributed by atoms with Gasteiger partial charge in [-0.15, -0.1) is 0 Å². The zero-order chi connectivity index (χ0) is 30.2. The molecule has 4 N–H and O–H groups in total. The smallest absolute Gasteiger partial charge is 0.320 e. The van der Waals surface area contributed by atoms with E-state index in [1.165, 1.54) is 0 Å². The fourth-order valence-corrected chi connectivity index (χ4v) is 5.05. The molecule has 1 amide bonds. The van der Waals surface area contributed by atoms with Gasteiger partial charge in [0.15, 0.2) is 0 Å². The summed E-state index contributed by atoms with van der Waals surface area (Å²) in [5, 5.41) is 9.03. The quantitative estimate of drug-likeness (QED) is 0.206. The van der Waals surface area contributed by atoms with Crippen LogP contribution in [0, 0.1) is 0 Å². The van der Waals surface area contributed by atoms with Crippen LogP contribution >= 0.6 is 0 Å². The van der Waals surface area contributed by atoms with Crippen LogP contribution in [0.5, 0.6) is 0 Å². The molecule has 0 spiro atoms. The lowest BCUT2D eigenvalue weighted by atomic mass is 9.99. The van der Waals surface area contributed by atoms with Crippen molar-refractivity contribution >= 4 is 11.9 Å². The Morgan fingerprint density at radius 1 is 0.762 bits per heavy atom. The molecule has 2 aromatic rings. The molecule has 2 aliphatic heterocycles. The number of hydrogen-bond donors (Lipinski definition) is 4. The molecule has 2 saturated heterocycles. The maximum atomic E-state index is 12.1. The third kappa shape index (κ3) is 11.8. The van der Waals surface area contributed by atoms with E-state index in [0.717, 1.165) is 43.4 Å². The number of hydroxylamine groups is 3. The molecule has 2 fully saturated rings. The number of carboxylic acid groups (broad SMARTS) is 1. The zero-order valence-corrected chi connectivity index (χ0v) is 25.0. The topological polar surface area (TPSA) is 125 Å². The number of rotatable bonds is 13. The number of piperidine rings is 2. The van der Waals surface area contributed by atoms with Crippen molar-refractivity contribution in [3.63, 3.8) is 0 Å². The summed E-state index contributed by atoms with van der Waals surface area (Å²) in [7, 11) is 3.79. The Labute approximate surface area is 249 Å². The molecule has 2 aliphatic rings. The predicted octanol–water partition coefficient (Wildman–Crippen LogP) is 2.88. The van der Waals surface area contributed by atoms with Gasteiger partial charge in [-0.1, -0.05) is 67.6 Å². The van der Waals surface area contributed by atoms with Gasteiger partial charge in [-0.05, 0) is 57.3 Å². The normalized spacial score (nSPS) is 23.0. The first-order valence-corrected chi connectivity index (χ1v) is 14.7. The Balaban J connectivity index is 0.000000235. The second kappa shape index (κ2) is 18.6. The Hall–Kier alpha value is -2.90. The average molecular weight is 586 g/mol. The van der Waals surface area contributed by atoms with Crippen molar-refractivity contribution in [3.8, 4) is 0 Å². The molecule has 0 aliphatic carbocycles. The number of hydrogen-bond acceptors (Lipinski definition) is 9. The second-order valence-electron chi connectivity index (χ2n) is 10.9. The van der Waals surface area contributed by atoms with Crippen molar-refractivity contribution in [3.05, 3.63) is 71.8 Å². The van der Waals surface area contributed by atoms with E-state index in [1.54, 1.807) is 0 Å². The number of amides is 1. The van der Waals surface area contributed by atoms with E-state index >= 15 is 0 Å². The summed E-state index contributed by atoms with van der Waals surface area (Å²) in [6.45, 7) is 5.05. The lowest BCUT2D eigenvalue weighted by molar-refractivity contribution is -0.145. The summed E-state index contributed by atoms with van der Waals surface area (Å²) in [6, 6.07) is 19.9. The van der Waals surface area contributed by atoms with Crippen LogP contribution < -0.4 is 16.4 Å². The first-order valence-electron chi connectivity index (χ1n) is 14.7. The van der Waals surface area contributed by atoms with E-state index in [9.17, 15) is 9.59 Å². The van der Waals surface area contributed by atoms with Gasteiger partial charge in [0.05, 0.1) is 25.9 Å². The van der Waals surface area contributed by atoms with Crippen LogP contribution in [-0.4, -0.2) is 84.7 Å². The summed E-state index contributed by atoms with van der Waals surface area (Å²) in [6.07, 6.45) is 4.02. The van der Waals surface area contributed by atoms with Gasteiger partial charge in [0, 0.05) is 25.2 Å². The fourth-order valence-electron chi connectivity index (χ4n) is 5.05. The molecule has 11 heteroatoms. The van der Waals surface area contributed by atoms with Crippen molar-refractivity contribution in [2.75, 3.05) is 33.8 Å². The number of carbonyl (C=O) groups excluding carboxylic acids is 1. The van der Waals surface area contributed by atoms with Crippen LogP contribution in [0.1, 0.15) is 50.2 Å². The molecule has 11 nitrogen and oxygen atoms in total. The monoisotopic (exact) mass is 585 g/mol. The molecule has 0 unspecified atom stereocenters. The van der Waals surface area contributed by atoms with E-state index in [1.807, 2.05) is 91.5 Å². The molecule has 0 aromatic heterocycles. The van der Waals surface area contributed by atoms with Crippen molar-refractivity contribution < 1.29 is 29.2 Å². The highest BCUT2D eigenvalue weighted by Gasteiger charge is 2.31. The molecule has 0 radical (unpaired) electrons. The number of aliphatic carboxylic acids is 1. The molecular formula is C31H47N5O6. The molecule has 2 aromatic carbocycles. The van der Waals surface area contributed by atoms with Gasteiger partial charge in [-0.25, -0.2) is 5.48 Å². The highest BCUT2D eigenvalue weighted by molar-refractivity contribution is 5.80. The summed E-state index contributed by atoms with van der Waals surface area (Å²) in [5.41, 5.74) is 10.9. The second-order valence-corrected chi connectivity index (χ2v) is 10.9. The third-order valence-corrected chi connectivity index (χ3v) is 7.39. The van der Waals surface area contributed by atoms with Crippen LogP contribution in [0.2, 0.25) is 0 Å².